The lowest BCUT2D eigenvalue weighted by Gasteiger charge is -2.14. The van der Waals surface area contributed by atoms with Gasteiger partial charge in [-0.3, -0.25) is 9.35 Å². The largest absolute Gasteiger partial charge is 0.476 e. The van der Waals surface area contributed by atoms with Gasteiger partial charge in [-0.05, 0) is 64.8 Å². The van der Waals surface area contributed by atoms with Crippen molar-refractivity contribution in [2.45, 2.75) is 37.0 Å². The first kappa shape index (κ1) is 27.2. The molecule has 10 heteroatoms. The monoisotopic (exact) mass is 588 g/mol. The number of carboxylic acids is 1. The molecule has 41 heavy (non-hydrogen) atoms. The number of benzene rings is 3. The number of nitrogens with zero attached hydrogens (tertiary/aromatic N) is 3. The summed E-state index contributed by atoms with van der Waals surface area (Å²) >= 11 is 1.21. The maximum Gasteiger partial charge on any atom is 0.355 e. The number of hydrogen-bond donors (Lipinski definition) is 3. The molecule has 0 saturated heterocycles. The molecule has 0 unspecified atom stereocenters. The molecule has 2 heterocycles. The molecule has 1 aliphatic rings. The third-order valence-corrected chi connectivity index (χ3v) is 9.44. The van der Waals surface area contributed by atoms with Crippen LogP contribution in [-0.4, -0.2) is 36.3 Å². The summed E-state index contributed by atoms with van der Waals surface area (Å²) in [5, 5.41) is 22.2. The lowest BCUT2D eigenvalue weighted by molar-refractivity contribution is 0.0691. The first-order valence-electron chi connectivity index (χ1n) is 13.2. The number of carbonyl (C=O) groups is 1. The molecule has 1 fully saturated rings. The molecule has 210 valence electrons. The van der Waals surface area contributed by atoms with Gasteiger partial charge in [0.1, 0.15) is 5.82 Å². The van der Waals surface area contributed by atoms with Gasteiger partial charge in [-0.2, -0.15) is 5.10 Å². The second-order valence-corrected chi connectivity index (χ2v) is 13.9. The number of nitrogens with two attached hydrogens (primary N) is 1. The smallest absolute Gasteiger partial charge is 0.355 e. The molecule has 7 nitrogen and oxygen atoms in total. The number of aromatic nitrogens is 3. The molecule has 5 aromatic rings. The Morgan fingerprint density at radius 1 is 1.10 bits per heavy atom. The van der Waals surface area contributed by atoms with Gasteiger partial charge in [-0.25, -0.2) is 18.9 Å². The first-order valence-corrected chi connectivity index (χ1v) is 16.3. The summed E-state index contributed by atoms with van der Waals surface area (Å²) in [6.07, 6.45) is 3.56. The number of thiol groups is 1. The second-order valence-electron chi connectivity index (χ2n) is 10.6. The van der Waals surface area contributed by atoms with E-state index in [9.17, 15) is 14.1 Å². The van der Waals surface area contributed by atoms with Gasteiger partial charge in [-0.15, -0.1) is 11.3 Å². The molecule has 0 aliphatic heterocycles. The molecule has 1 aliphatic carbocycles. The highest BCUT2D eigenvalue weighted by molar-refractivity contribution is 8.00. The molecule has 0 atom stereocenters. The summed E-state index contributed by atoms with van der Waals surface area (Å²) in [5.74, 6) is -1.38. The summed E-state index contributed by atoms with van der Waals surface area (Å²) in [5.41, 5.74) is 6.99. The van der Waals surface area contributed by atoms with E-state index in [2.05, 4.69) is 35.3 Å². The van der Waals surface area contributed by atoms with Crippen LogP contribution >= 0.6 is 11.3 Å². The number of aryl methyl sites for hydroxylation is 1. The minimum absolute atomic E-state index is 0.0425. The molecule has 0 radical (unpaired) electrons. The normalized spacial score (nSPS) is 13.9. The third kappa shape index (κ3) is 5.50. The van der Waals surface area contributed by atoms with Gasteiger partial charge in [0, 0.05) is 40.0 Å². The molecule has 0 bridgehead atoms. The zero-order valence-corrected chi connectivity index (χ0v) is 24.3. The fraction of sp³-hybridized carbons (Fsp3) is 0.194. The predicted molar refractivity (Wildman–Crippen MR) is 161 cm³/mol. The van der Waals surface area contributed by atoms with Crippen LogP contribution in [0.1, 0.15) is 51.6 Å². The van der Waals surface area contributed by atoms with Gasteiger partial charge in [0.25, 0.3) is 0 Å². The van der Waals surface area contributed by atoms with Crippen LogP contribution in [0.3, 0.4) is 0 Å². The van der Waals surface area contributed by atoms with Gasteiger partial charge in [0.15, 0.2) is 5.69 Å². The maximum atomic E-state index is 15.4. The Morgan fingerprint density at radius 2 is 1.83 bits per heavy atom. The van der Waals surface area contributed by atoms with E-state index < -0.39 is 21.9 Å². The number of aromatic carboxylic acids is 1. The van der Waals surface area contributed by atoms with Crippen LogP contribution in [0.4, 0.5) is 4.39 Å². The Morgan fingerprint density at radius 3 is 2.46 bits per heavy atom. The van der Waals surface area contributed by atoms with E-state index in [1.165, 1.54) is 34.6 Å². The number of hydrogen-bond acceptors (Lipinski definition) is 5. The Hall–Kier alpha value is -3.99. The molecule has 3 aromatic carbocycles. The van der Waals surface area contributed by atoms with Crippen molar-refractivity contribution in [3.05, 3.63) is 106 Å². The summed E-state index contributed by atoms with van der Waals surface area (Å²) in [4.78, 5) is 16.2. The highest BCUT2D eigenvalue weighted by Gasteiger charge is 2.34. The fourth-order valence-corrected chi connectivity index (χ4v) is 6.49. The van der Waals surface area contributed by atoms with Crippen molar-refractivity contribution in [3.63, 3.8) is 0 Å². The minimum atomic E-state index is -3.11. The quantitative estimate of drug-likeness (QED) is 0.188. The first-order chi connectivity index (χ1) is 19.6. The number of halogens is 1. The van der Waals surface area contributed by atoms with E-state index in [1.807, 2.05) is 25.1 Å². The highest BCUT2D eigenvalue weighted by Crippen LogP contribution is 2.46. The van der Waals surface area contributed by atoms with Gasteiger partial charge in [0.2, 0.25) is 5.13 Å². The molecule has 3 N–H and O–H groups in total. The summed E-state index contributed by atoms with van der Waals surface area (Å²) in [6.45, 7) is 2.05. The Labute approximate surface area is 242 Å². The number of carboxylic acid groups (broad SMARTS) is 1. The average Bonchev–Trinajstić information content (AvgIpc) is 3.52. The van der Waals surface area contributed by atoms with E-state index in [4.69, 9.17) is 10.2 Å². The number of thiazole rings is 1. The zero-order valence-electron chi connectivity index (χ0n) is 22.5. The van der Waals surface area contributed by atoms with Crippen molar-refractivity contribution in [1.82, 2.24) is 14.8 Å². The average molecular weight is 589 g/mol. The van der Waals surface area contributed by atoms with E-state index >= 15 is 4.39 Å². The lowest BCUT2D eigenvalue weighted by Crippen LogP contribution is -2.21. The van der Waals surface area contributed by atoms with Gasteiger partial charge < -0.3 is 5.11 Å². The van der Waals surface area contributed by atoms with Crippen molar-refractivity contribution in [2.75, 3.05) is 6.26 Å². The van der Waals surface area contributed by atoms with Crippen molar-refractivity contribution in [1.29, 1.82) is 0 Å². The van der Waals surface area contributed by atoms with Crippen LogP contribution in [0.2, 0.25) is 0 Å². The third-order valence-electron chi connectivity index (χ3n) is 7.32. The molecule has 1 saturated carbocycles. The maximum absolute atomic E-state index is 15.4. The molecule has 0 amide bonds. The highest BCUT2D eigenvalue weighted by atomic mass is 32.3. The minimum Gasteiger partial charge on any atom is -0.476 e. The van der Waals surface area contributed by atoms with Crippen molar-refractivity contribution < 1.29 is 18.5 Å². The molecular weight excluding hydrogens is 559 g/mol. The number of rotatable bonds is 8. The molecule has 2 aromatic heterocycles. The Bertz CT molecular complexity index is 1830. The fourth-order valence-electron chi connectivity index (χ4n) is 4.99. The van der Waals surface area contributed by atoms with E-state index in [1.54, 1.807) is 16.8 Å². The molecular formula is C31H29FN4O3S2. The molecule has 6 rings (SSSR count). The van der Waals surface area contributed by atoms with E-state index in [0.29, 0.717) is 16.4 Å². The van der Waals surface area contributed by atoms with E-state index in [0.717, 1.165) is 40.8 Å². The lowest BCUT2D eigenvalue weighted by atomic mass is 9.95. The standard InChI is InChI=1S/C31H29FN4O3S2/c1-18-6-8-19(9-7-18)21-4-3-5-23(14-21)28-25(15-22-12-13-24(16-26(22)32)41(2,33)39)29(20-10-11-20)36(35-28)31-34-27(17-40-31)30(37)38/h3-9,12-14,16-17,20,41H,10-11,15H2,1-2H3,(H2,33,39)(H,37,38). The summed E-state index contributed by atoms with van der Waals surface area (Å²) in [7, 11) is -3.11. The summed E-state index contributed by atoms with van der Waals surface area (Å²) < 4.78 is 29.5. The second kappa shape index (κ2) is 10.4. The Balaban J connectivity index is 1.52. The Kier molecular flexibility index (Phi) is 6.93. The van der Waals surface area contributed by atoms with Crippen molar-refractivity contribution >= 4 is 27.4 Å². The van der Waals surface area contributed by atoms with Gasteiger partial charge in [0.05, 0.1) is 11.4 Å². The summed E-state index contributed by atoms with van der Waals surface area (Å²) in [6, 6.07) is 20.9. The van der Waals surface area contributed by atoms with Crippen molar-refractivity contribution in [3.8, 4) is 27.5 Å². The van der Waals surface area contributed by atoms with Crippen LogP contribution in [0.25, 0.3) is 27.5 Å². The molecule has 0 spiro atoms. The van der Waals surface area contributed by atoms with Gasteiger partial charge >= 0.3 is 5.97 Å². The zero-order chi connectivity index (χ0) is 28.9. The van der Waals surface area contributed by atoms with Crippen molar-refractivity contribution in [2.24, 2.45) is 5.14 Å². The van der Waals surface area contributed by atoms with Crippen LogP contribution in [0, 0.1) is 12.7 Å². The van der Waals surface area contributed by atoms with Crippen LogP contribution in [0.15, 0.2) is 77.0 Å². The van der Waals surface area contributed by atoms with Crippen LogP contribution < -0.4 is 5.14 Å². The topological polar surface area (TPSA) is 111 Å². The van der Waals surface area contributed by atoms with E-state index in [-0.39, 0.29) is 22.9 Å². The van der Waals surface area contributed by atoms with Gasteiger partial charge in [-0.1, -0.05) is 54.1 Å². The predicted octanol–water partition coefficient (Wildman–Crippen LogP) is 6.16. The van der Waals surface area contributed by atoms with Crippen LogP contribution in [-0.2, 0) is 16.5 Å². The SMILES string of the molecule is Cc1ccc(-c2cccc(-c3nn(-c4nc(C(=O)O)cs4)c(C4CC4)c3Cc3ccc([SH](C)(N)=O)cc3F)c2)cc1. The van der Waals surface area contributed by atoms with Crippen LogP contribution in [0.5, 0.6) is 0 Å².